The van der Waals surface area contributed by atoms with Crippen molar-refractivity contribution in [3.63, 3.8) is 0 Å². The number of carbonyl (C=O) groups excluding carboxylic acids is 2. The first kappa shape index (κ1) is 19.1. The molecule has 1 unspecified atom stereocenters. The smallest absolute Gasteiger partial charge is 0.265 e. The number of anilines is 2. The molecule has 0 spiro atoms. The van der Waals surface area contributed by atoms with Crippen LogP contribution in [0.1, 0.15) is 17.3 Å². The van der Waals surface area contributed by atoms with Gasteiger partial charge in [0.15, 0.2) is 11.2 Å². The molecule has 0 aliphatic heterocycles. The second-order valence-corrected chi connectivity index (χ2v) is 7.27. The Morgan fingerprint density at radius 2 is 1.85 bits per heavy atom. The van der Waals surface area contributed by atoms with E-state index in [-0.39, 0.29) is 11.8 Å². The summed E-state index contributed by atoms with van der Waals surface area (Å²) < 4.78 is 6.45. The predicted molar refractivity (Wildman–Crippen MR) is 109 cm³/mol. The zero-order valence-electron chi connectivity index (χ0n) is 14.3. The van der Waals surface area contributed by atoms with E-state index in [9.17, 15) is 9.59 Å². The Hall–Kier alpha value is -2.71. The maximum atomic E-state index is 12.5. The molecule has 2 aromatic carbocycles. The normalized spacial score (nSPS) is 11.5. The fraction of sp³-hybridized carbons (Fsp3) is 0.105. The summed E-state index contributed by atoms with van der Waals surface area (Å²) >= 11 is 4.70. The number of thiazole rings is 1. The van der Waals surface area contributed by atoms with Gasteiger partial charge in [0.1, 0.15) is 5.75 Å². The number of nitrogens with one attached hydrogen (secondary N) is 2. The van der Waals surface area contributed by atoms with Crippen LogP contribution in [0.15, 0.2) is 64.6 Å². The highest BCUT2D eigenvalue weighted by molar-refractivity contribution is 9.10. The molecule has 6 nitrogen and oxygen atoms in total. The van der Waals surface area contributed by atoms with Gasteiger partial charge in [-0.15, -0.1) is 11.3 Å². The van der Waals surface area contributed by atoms with E-state index in [4.69, 9.17) is 4.74 Å². The van der Waals surface area contributed by atoms with Gasteiger partial charge in [0.05, 0.1) is 15.7 Å². The van der Waals surface area contributed by atoms with E-state index < -0.39 is 6.10 Å². The van der Waals surface area contributed by atoms with Crippen molar-refractivity contribution >= 4 is 49.9 Å². The summed E-state index contributed by atoms with van der Waals surface area (Å²) in [5.41, 5.74) is 0.744. The van der Waals surface area contributed by atoms with E-state index in [1.54, 1.807) is 48.8 Å². The Morgan fingerprint density at radius 3 is 2.59 bits per heavy atom. The van der Waals surface area contributed by atoms with Crippen LogP contribution in [-0.2, 0) is 4.79 Å². The number of hydrogen-bond acceptors (Lipinski definition) is 5. The molecule has 138 valence electrons. The fourth-order valence-corrected chi connectivity index (χ4v) is 3.16. The zero-order chi connectivity index (χ0) is 19.2. The van der Waals surface area contributed by atoms with Crippen molar-refractivity contribution < 1.29 is 14.3 Å². The van der Waals surface area contributed by atoms with Crippen molar-refractivity contribution in [2.45, 2.75) is 13.0 Å². The van der Waals surface area contributed by atoms with E-state index in [0.29, 0.717) is 22.1 Å². The molecule has 27 heavy (non-hydrogen) atoms. The van der Waals surface area contributed by atoms with Gasteiger partial charge in [-0.05, 0) is 47.1 Å². The van der Waals surface area contributed by atoms with Crippen LogP contribution in [0, 0.1) is 0 Å². The van der Waals surface area contributed by atoms with E-state index in [0.717, 1.165) is 4.47 Å². The number of rotatable bonds is 6. The molecule has 3 rings (SSSR count). The zero-order valence-corrected chi connectivity index (χ0v) is 16.7. The van der Waals surface area contributed by atoms with Crippen LogP contribution in [0.25, 0.3) is 0 Å². The van der Waals surface area contributed by atoms with Gasteiger partial charge in [-0.1, -0.05) is 24.3 Å². The van der Waals surface area contributed by atoms with Crippen LogP contribution in [-0.4, -0.2) is 22.9 Å². The number of aromatic nitrogens is 1. The molecule has 2 N–H and O–H groups in total. The Balaban J connectivity index is 1.70. The van der Waals surface area contributed by atoms with Crippen molar-refractivity contribution in [1.29, 1.82) is 0 Å². The van der Waals surface area contributed by atoms with Crippen molar-refractivity contribution in [3.8, 4) is 5.75 Å². The van der Waals surface area contributed by atoms with Crippen molar-refractivity contribution in [2.75, 3.05) is 10.6 Å². The number of hydrogen-bond donors (Lipinski definition) is 2. The molecule has 1 heterocycles. The lowest BCUT2D eigenvalue weighted by Gasteiger charge is -2.17. The number of nitrogens with zero attached hydrogens (tertiary/aromatic N) is 1. The molecule has 1 aromatic heterocycles. The quantitative estimate of drug-likeness (QED) is 0.582. The van der Waals surface area contributed by atoms with Crippen molar-refractivity contribution in [2.24, 2.45) is 0 Å². The van der Waals surface area contributed by atoms with E-state index in [1.165, 1.54) is 11.3 Å². The first-order valence-corrected chi connectivity index (χ1v) is 9.74. The molecule has 0 saturated carbocycles. The van der Waals surface area contributed by atoms with Crippen molar-refractivity contribution in [1.82, 2.24) is 4.98 Å². The molecule has 0 fully saturated rings. The third kappa shape index (κ3) is 4.93. The largest absolute Gasteiger partial charge is 0.480 e. The predicted octanol–water partition coefficient (Wildman–Crippen LogP) is 4.56. The Morgan fingerprint density at radius 1 is 1.11 bits per heavy atom. The minimum absolute atomic E-state index is 0.342. The number of ether oxygens (including phenoxy) is 1. The van der Waals surface area contributed by atoms with E-state index in [1.807, 2.05) is 18.2 Å². The summed E-state index contributed by atoms with van der Waals surface area (Å²) in [5.74, 6) is -0.143. The van der Waals surface area contributed by atoms with E-state index >= 15 is 0 Å². The second kappa shape index (κ2) is 8.79. The molecular formula is C19H16BrN3O3S. The molecule has 0 radical (unpaired) electrons. The summed E-state index contributed by atoms with van der Waals surface area (Å²) in [4.78, 5) is 29.0. The number of amides is 2. The van der Waals surface area contributed by atoms with Crippen LogP contribution in [0.2, 0.25) is 0 Å². The number of halogens is 1. The summed E-state index contributed by atoms with van der Waals surface area (Å²) in [7, 11) is 0. The lowest BCUT2D eigenvalue weighted by molar-refractivity contribution is -0.122. The average Bonchev–Trinajstić information content (AvgIpc) is 3.17. The Bertz CT molecular complexity index is 947. The highest BCUT2D eigenvalue weighted by Crippen LogP contribution is 2.25. The molecule has 0 aliphatic rings. The summed E-state index contributed by atoms with van der Waals surface area (Å²) in [6.07, 6.45) is 0.855. The van der Waals surface area contributed by atoms with Crippen molar-refractivity contribution in [3.05, 3.63) is 70.1 Å². The molecule has 0 saturated heterocycles. The summed E-state index contributed by atoms with van der Waals surface area (Å²) in [6.45, 7) is 1.65. The standard InChI is InChI=1S/C19H16BrN3O3S/c1-12(26-16-9-5-3-7-14(16)20)17(24)22-15-8-4-2-6-13(15)18(25)23-19-21-10-11-27-19/h2-12H,1H3,(H,22,24)(H,21,23,25). The van der Waals surface area contributed by atoms with Gasteiger partial charge in [-0.3, -0.25) is 14.9 Å². The van der Waals surface area contributed by atoms with Crippen LogP contribution in [0.4, 0.5) is 10.8 Å². The number of benzene rings is 2. The molecule has 2 amide bonds. The van der Waals surface area contributed by atoms with Gasteiger partial charge in [-0.25, -0.2) is 4.98 Å². The minimum atomic E-state index is -0.751. The van der Waals surface area contributed by atoms with Crippen LogP contribution < -0.4 is 15.4 Å². The number of para-hydroxylation sites is 2. The molecule has 0 bridgehead atoms. The molecule has 8 heteroatoms. The lowest BCUT2D eigenvalue weighted by Crippen LogP contribution is -2.31. The Labute approximate surface area is 168 Å². The molecule has 3 aromatic rings. The maximum Gasteiger partial charge on any atom is 0.265 e. The van der Waals surface area contributed by atoms with Gasteiger partial charge >= 0.3 is 0 Å². The van der Waals surface area contributed by atoms with Gasteiger partial charge in [-0.2, -0.15) is 0 Å². The SMILES string of the molecule is CC(Oc1ccccc1Br)C(=O)Nc1ccccc1C(=O)Nc1nccs1. The van der Waals surface area contributed by atoms with Gasteiger partial charge in [0.2, 0.25) is 0 Å². The third-order valence-corrected chi connectivity index (χ3v) is 4.94. The first-order chi connectivity index (χ1) is 13.0. The highest BCUT2D eigenvalue weighted by atomic mass is 79.9. The molecular weight excluding hydrogens is 430 g/mol. The maximum absolute atomic E-state index is 12.5. The molecule has 1 atom stereocenters. The fourth-order valence-electron chi connectivity index (χ4n) is 2.26. The monoisotopic (exact) mass is 445 g/mol. The van der Waals surface area contributed by atoms with Crippen LogP contribution in [0.3, 0.4) is 0 Å². The third-order valence-electron chi connectivity index (χ3n) is 3.59. The van der Waals surface area contributed by atoms with Crippen LogP contribution >= 0.6 is 27.3 Å². The number of carbonyl (C=O) groups is 2. The molecule has 0 aliphatic carbocycles. The highest BCUT2D eigenvalue weighted by Gasteiger charge is 2.19. The van der Waals surface area contributed by atoms with Gasteiger partial charge in [0, 0.05) is 11.6 Å². The van der Waals surface area contributed by atoms with Gasteiger partial charge in [0.25, 0.3) is 11.8 Å². The summed E-state index contributed by atoms with van der Waals surface area (Å²) in [6, 6.07) is 14.1. The second-order valence-electron chi connectivity index (χ2n) is 5.52. The average molecular weight is 446 g/mol. The Kier molecular flexibility index (Phi) is 6.20. The topological polar surface area (TPSA) is 80.3 Å². The lowest BCUT2D eigenvalue weighted by atomic mass is 10.1. The minimum Gasteiger partial charge on any atom is -0.480 e. The van der Waals surface area contributed by atoms with Gasteiger partial charge < -0.3 is 10.1 Å². The van der Waals surface area contributed by atoms with Crippen LogP contribution in [0.5, 0.6) is 5.75 Å². The first-order valence-electron chi connectivity index (χ1n) is 8.06. The summed E-state index contributed by atoms with van der Waals surface area (Å²) in [5, 5.41) is 7.72. The van der Waals surface area contributed by atoms with E-state index in [2.05, 4.69) is 31.5 Å².